The minimum absolute atomic E-state index is 0.0163. The lowest BCUT2D eigenvalue weighted by Gasteiger charge is -2.14. The van der Waals surface area contributed by atoms with Crippen LogP contribution < -0.4 is 9.47 Å². The Morgan fingerprint density at radius 1 is 0.824 bits per heavy atom. The number of halogens is 3. The Hall–Kier alpha value is -3.25. The van der Waals surface area contributed by atoms with Crippen LogP contribution in [0, 0.1) is 0 Å². The van der Waals surface area contributed by atoms with E-state index in [9.17, 15) is 9.90 Å². The molecule has 1 heterocycles. The van der Waals surface area contributed by atoms with Crippen LogP contribution in [-0.4, -0.2) is 16.1 Å². The van der Waals surface area contributed by atoms with Gasteiger partial charge in [-0.05, 0) is 48.0 Å². The highest BCUT2D eigenvalue weighted by Crippen LogP contribution is 2.34. The Morgan fingerprint density at radius 2 is 1.59 bits per heavy atom. The molecule has 0 aliphatic heterocycles. The normalized spacial score (nSPS) is 10.7. The molecule has 1 aromatic heterocycles. The van der Waals surface area contributed by atoms with Crippen molar-refractivity contribution in [3.63, 3.8) is 0 Å². The van der Waals surface area contributed by atoms with Crippen LogP contribution >= 0.6 is 34.8 Å². The second-order valence-corrected chi connectivity index (χ2v) is 8.47. The molecule has 0 aliphatic carbocycles. The number of carbonyl (C=O) groups is 1. The van der Waals surface area contributed by atoms with Gasteiger partial charge in [0.25, 0.3) is 0 Å². The van der Waals surface area contributed by atoms with Crippen LogP contribution in [0.3, 0.4) is 0 Å². The maximum absolute atomic E-state index is 11.8. The summed E-state index contributed by atoms with van der Waals surface area (Å²) in [6.07, 6.45) is 0. The van der Waals surface area contributed by atoms with Gasteiger partial charge in [-0.25, -0.2) is 9.78 Å². The lowest BCUT2D eigenvalue weighted by Crippen LogP contribution is -2.09. The maximum atomic E-state index is 11.8. The Morgan fingerprint density at radius 3 is 2.35 bits per heavy atom. The van der Waals surface area contributed by atoms with Crippen molar-refractivity contribution in [3.05, 3.63) is 111 Å². The molecule has 0 fully saturated rings. The van der Waals surface area contributed by atoms with Gasteiger partial charge in [-0.1, -0.05) is 71.2 Å². The minimum atomic E-state index is -1.12. The lowest BCUT2D eigenvalue weighted by molar-refractivity contribution is 0.0693. The molecule has 0 saturated heterocycles. The third-order valence-electron chi connectivity index (χ3n) is 4.94. The molecule has 172 valence electrons. The highest BCUT2D eigenvalue weighted by Gasteiger charge is 2.17. The molecular formula is C26H18Cl3NO4. The Labute approximate surface area is 211 Å². The van der Waals surface area contributed by atoms with E-state index in [0.717, 1.165) is 5.56 Å². The number of aromatic carboxylic acids is 1. The Kier molecular flexibility index (Phi) is 7.58. The van der Waals surface area contributed by atoms with Gasteiger partial charge in [-0.15, -0.1) is 0 Å². The summed E-state index contributed by atoms with van der Waals surface area (Å²) in [5, 5.41) is 10.7. The third-order valence-corrected chi connectivity index (χ3v) is 5.98. The number of carboxylic acids is 1. The Balaban J connectivity index is 1.65. The summed E-state index contributed by atoms with van der Waals surface area (Å²) < 4.78 is 11.8. The molecular weight excluding hydrogens is 497 g/mol. The van der Waals surface area contributed by atoms with Crippen molar-refractivity contribution in [2.75, 3.05) is 0 Å². The number of ether oxygens (including phenoxy) is 2. The smallest absolute Gasteiger partial charge is 0.337 e. The van der Waals surface area contributed by atoms with E-state index >= 15 is 0 Å². The van der Waals surface area contributed by atoms with E-state index < -0.39 is 5.97 Å². The van der Waals surface area contributed by atoms with E-state index in [4.69, 9.17) is 44.3 Å². The monoisotopic (exact) mass is 513 g/mol. The molecule has 5 nitrogen and oxygen atoms in total. The quantitative estimate of drug-likeness (QED) is 0.263. The zero-order valence-corrected chi connectivity index (χ0v) is 19.9. The average molecular weight is 515 g/mol. The molecule has 0 radical (unpaired) electrons. The summed E-state index contributed by atoms with van der Waals surface area (Å²) in [6, 6.07) is 23.0. The van der Waals surface area contributed by atoms with Gasteiger partial charge in [-0.2, -0.15) is 0 Å². The average Bonchev–Trinajstić information content (AvgIpc) is 2.84. The van der Waals surface area contributed by atoms with Crippen molar-refractivity contribution in [1.82, 2.24) is 4.98 Å². The largest absolute Gasteiger partial charge is 0.488 e. The predicted octanol–water partition coefficient (Wildman–Crippen LogP) is 7.57. The third kappa shape index (κ3) is 5.62. The summed E-state index contributed by atoms with van der Waals surface area (Å²) in [5.74, 6) is -0.265. The molecule has 0 atom stereocenters. The van der Waals surface area contributed by atoms with Gasteiger partial charge in [0.05, 0.1) is 22.0 Å². The van der Waals surface area contributed by atoms with Gasteiger partial charge in [0.2, 0.25) is 0 Å². The number of benzene rings is 3. The highest BCUT2D eigenvalue weighted by molar-refractivity contribution is 6.42. The van der Waals surface area contributed by atoms with E-state index in [1.165, 1.54) is 6.07 Å². The topological polar surface area (TPSA) is 68.7 Å². The summed E-state index contributed by atoms with van der Waals surface area (Å²) >= 11 is 18.4. The molecule has 3 aromatic carbocycles. The van der Waals surface area contributed by atoms with Crippen LogP contribution in [-0.2, 0) is 13.2 Å². The van der Waals surface area contributed by atoms with Crippen LogP contribution in [0.2, 0.25) is 15.1 Å². The molecule has 0 amide bonds. The van der Waals surface area contributed by atoms with Gasteiger partial charge in [0.1, 0.15) is 29.7 Å². The van der Waals surface area contributed by atoms with Crippen molar-refractivity contribution in [2.45, 2.75) is 13.2 Å². The van der Waals surface area contributed by atoms with Crippen molar-refractivity contribution >= 4 is 40.8 Å². The van der Waals surface area contributed by atoms with Crippen molar-refractivity contribution in [2.24, 2.45) is 0 Å². The first kappa shape index (κ1) is 23.9. The first-order chi connectivity index (χ1) is 16.4. The van der Waals surface area contributed by atoms with Gasteiger partial charge >= 0.3 is 5.97 Å². The van der Waals surface area contributed by atoms with E-state index in [-0.39, 0.29) is 22.9 Å². The van der Waals surface area contributed by atoms with E-state index in [1.54, 1.807) is 42.5 Å². The summed E-state index contributed by atoms with van der Waals surface area (Å²) in [5.41, 5.74) is 2.42. The van der Waals surface area contributed by atoms with Gasteiger partial charge < -0.3 is 14.6 Å². The maximum Gasteiger partial charge on any atom is 0.337 e. The van der Waals surface area contributed by atoms with Crippen LogP contribution in [0.4, 0.5) is 0 Å². The van der Waals surface area contributed by atoms with Gasteiger partial charge in [0, 0.05) is 10.6 Å². The standard InChI is InChI=1S/C26H18Cl3NO4/c27-17-9-10-18(24(13-17)33-14-16-5-2-1-3-6-16)21-12-11-19(26(31)32)22(30-21)15-34-23-8-4-7-20(28)25(23)29/h1-13H,14-15H2,(H,31,32). The van der Waals surface area contributed by atoms with Gasteiger partial charge in [0.15, 0.2) is 0 Å². The number of pyridine rings is 1. The Bertz CT molecular complexity index is 1330. The molecule has 4 rings (SSSR count). The predicted molar refractivity (Wildman–Crippen MR) is 133 cm³/mol. The fourth-order valence-electron chi connectivity index (χ4n) is 3.26. The minimum Gasteiger partial charge on any atom is -0.488 e. The molecule has 0 unspecified atom stereocenters. The highest BCUT2D eigenvalue weighted by atomic mass is 35.5. The molecule has 34 heavy (non-hydrogen) atoms. The van der Waals surface area contributed by atoms with E-state index in [0.29, 0.717) is 39.4 Å². The molecule has 0 spiro atoms. The SMILES string of the molecule is O=C(O)c1ccc(-c2ccc(Cl)cc2OCc2ccccc2)nc1COc1cccc(Cl)c1Cl. The van der Waals surface area contributed by atoms with Crippen LogP contribution in [0.1, 0.15) is 21.6 Å². The fraction of sp³-hybridized carbons (Fsp3) is 0.0769. The van der Waals surface area contributed by atoms with Crippen LogP contribution in [0.5, 0.6) is 11.5 Å². The number of aromatic nitrogens is 1. The number of nitrogens with zero attached hydrogens (tertiary/aromatic N) is 1. The zero-order chi connectivity index (χ0) is 24.1. The summed E-state index contributed by atoms with van der Waals surface area (Å²) in [7, 11) is 0. The summed E-state index contributed by atoms with van der Waals surface area (Å²) in [4.78, 5) is 16.4. The summed E-state index contributed by atoms with van der Waals surface area (Å²) in [6.45, 7) is 0.216. The molecule has 8 heteroatoms. The lowest BCUT2D eigenvalue weighted by atomic mass is 10.1. The van der Waals surface area contributed by atoms with Crippen molar-refractivity contribution in [3.8, 4) is 22.8 Å². The van der Waals surface area contributed by atoms with Crippen LogP contribution in [0.15, 0.2) is 78.9 Å². The fourth-order valence-corrected chi connectivity index (χ4v) is 3.77. The second-order valence-electron chi connectivity index (χ2n) is 7.25. The van der Waals surface area contributed by atoms with E-state index in [2.05, 4.69) is 4.98 Å². The first-order valence-corrected chi connectivity index (χ1v) is 11.3. The van der Waals surface area contributed by atoms with Crippen LogP contribution in [0.25, 0.3) is 11.3 Å². The molecule has 1 N–H and O–H groups in total. The van der Waals surface area contributed by atoms with Gasteiger partial charge in [-0.3, -0.25) is 0 Å². The number of carboxylic acid groups (broad SMARTS) is 1. The molecule has 0 saturated carbocycles. The van der Waals surface area contributed by atoms with Crippen molar-refractivity contribution < 1.29 is 19.4 Å². The molecule has 0 aliphatic rings. The number of hydrogen-bond acceptors (Lipinski definition) is 4. The second kappa shape index (κ2) is 10.8. The van der Waals surface area contributed by atoms with Crippen molar-refractivity contribution in [1.29, 1.82) is 0 Å². The molecule has 4 aromatic rings. The number of rotatable bonds is 8. The molecule has 0 bridgehead atoms. The number of hydrogen-bond donors (Lipinski definition) is 1. The zero-order valence-electron chi connectivity index (χ0n) is 17.7. The first-order valence-electron chi connectivity index (χ1n) is 10.2. The van der Waals surface area contributed by atoms with E-state index in [1.807, 2.05) is 30.3 Å².